The van der Waals surface area contributed by atoms with Gasteiger partial charge in [-0.05, 0) is 19.1 Å². The molecule has 1 aromatic carbocycles. The van der Waals surface area contributed by atoms with Crippen LogP contribution in [0.2, 0.25) is 0 Å². The predicted octanol–water partition coefficient (Wildman–Crippen LogP) is 0.912. The number of hydrogen-bond donors (Lipinski definition) is 2. The monoisotopic (exact) mass is 398 g/mol. The summed E-state index contributed by atoms with van der Waals surface area (Å²) in [6, 6.07) is 11.1. The Labute approximate surface area is 164 Å². The van der Waals surface area contributed by atoms with Crippen LogP contribution in [-0.4, -0.2) is 35.8 Å². The minimum Gasteiger partial charge on any atom is -0.368 e. The molecule has 0 radical (unpaired) electrons. The SMILES string of the molecule is Cc1c(NC(=O)Cn2c(N)nnc2SCC#N)c(=O)n(-c2ccccc2)n1C. The van der Waals surface area contributed by atoms with E-state index in [1.807, 2.05) is 36.4 Å². The van der Waals surface area contributed by atoms with Crippen LogP contribution in [0.3, 0.4) is 0 Å². The van der Waals surface area contributed by atoms with Crippen LogP contribution in [0.25, 0.3) is 5.69 Å². The zero-order chi connectivity index (χ0) is 20.3. The highest BCUT2D eigenvalue weighted by molar-refractivity contribution is 7.99. The van der Waals surface area contributed by atoms with Crippen LogP contribution in [0, 0.1) is 18.3 Å². The Balaban J connectivity index is 1.86. The van der Waals surface area contributed by atoms with Crippen molar-refractivity contribution in [1.29, 1.82) is 5.26 Å². The fourth-order valence-corrected chi connectivity index (χ4v) is 3.29. The average molecular weight is 398 g/mol. The van der Waals surface area contributed by atoms with E-state index in [-0.39, 0.29) is 29.5 Å². The van der Waals surface area contributed by atoms with Gasteiger partial charge in [0, 0.05) is 7.05 Å². The van der Waals surface area contributed by atoms with Gasteiger partial charge in [0.25, 0.3) is 5.56 Å². The van der Waals surface area contributed by atoms with Crippen LogP contribution in [0.1, 0.15) is 5.69 Å². The molecule has 0 atom stereocenters. The lowest BCUT2D eigenvalue weighted by Crippen LogP contribution is -2.25. The molecular weight excluding hydrogens is 380 g/mol. The van der Waals surface area contributed by atoms with Crippen LogP contribution < -0.4 is 16.6 Å². The molecule has 0 aliphatic rings. The van der Waals surface area contributed by atoms with E-state index in [4.69, 9.17) is 11.0 Å². The molecule has 3 rings (SSSR count). The first-order chi connectivity index (χ1) is 13.4. The lowest BCUT2D eigenvalue weighted by Gasteiger charge is -2.08. The summed E-state index contributed by atoms with van der Waals surface area (Å²) in [5.41, 5.74) is 6.91. The van der Waals surface area contributed by atoms with Crippen molar-refractivity contribution in [2.75, 3.05) is 16.8 Å². The quantitative estimate of drug-likeness (QED) is 0.589. The topological polar surface area (TPSA) is 137 Å². The minimum absolute atomic E-state index is 0.0575. The van der Waals surface area contributed by atoms with Crippen LogP contribution in [0.15, 0.2) is 40.3 Å². The second-order valence-corrected chi connectivity index (χ2v) is 6.80. The zero-order valence-electron chi connectivity index (χ0n) is 15.3. The number of amides is 1. The van der Waals surface area contributed by atoms with Gasteiger partial charge in [0.05, 0.1) is 23.2 Å². The average Bonchev–Trinajstić information content (AvgIpc) is 3.13. The summed E-state index contributed by atoms with van der Waals surface area (Å²) < 4.78 is 4.55. The van der Waals surface area contributed by atoms with Gasteiger partial charge in [-0.3, -0.25) is 18.8 Å². The van der Waals surface area contributed by atoms with Gasteiger partial charge < -0.3 is 11.1 Å². The first-order valence-corrected chi connectivity index (χ1v) is 9.25. The molecule has 0 fully saturated rings. The number of carbonyl (C=O) groups is 1. The van der Waals surface area contributed by atoms with E-state index in [1.54, 1.807) is 18.7 Å². The third-order valence-electron chi connectivity index (χ3n) is 4.13. The van der Waals surface area contributed by atoms with Gasteiger partial charge in [-0.2, -0.15) is 5.26 Å². The molecule has 3 aromatic rings. The van der Waals surface area contributed by atoms with E-state index < -0.39 is 5.91 Å². The highest BCUT2D eigenvalue weighted by atomic mass is 32.2. The minimum atomic E-state index is -0.448. The van der Waals surface area contributed by atoms with Crippen molar-refractivity contribution in [2.24, 2.45) is 7.05 Å². The maximum absolute atomic E-state index is 12.9. The first-order valence-electron chi connectivity index (χ1n) is 8.26. The first kappa shape index (κ1) is 19.2. The maximum atomic E-state index is 12.9. The standard InChI is InChI=1S/C17H18N8O2S/c1-11-14(15(27)25(23(11)2)12-6-4-3-5-7-12)20-13(26)10-24-16(19)21-22-17(24)28-9-8-18/h3-7H,9-10H2,1-2H3,(H2,19,21)(H,20,26). The summed E-state index contributed by atoms with van der Waals surface area (Å²) in [6.07, 6.45) is 0. The van der Waals surface area contributed by atoms with Crippen molar-refractivity contribution in [2.45, 2.75) is 18.6 Å². The second kappa shape index (κ2) is 8.01. The Morgan fingerprint density at radius 1 is 1.32 bits per heavy atom. The Morgan fingerprint density at radius 3 is 2.71 bits per heavy atom. The number of nitriles is 1. The number of benzene rings is 1. The number of nitrogens with one attached hydrogen (secondary N) is 1. The van der Waals surface area contributed by atoms with Gasteiger partial charge in [-0.15, -0.1) is 10.2 Å². The number of hydrogen-bond acceptors (Lipinski definition) is 7. The molecule has 10 nitrogen and oxygen atoms in total. The van der Waals surface area contributed by atoms with E-state index in [0.29, 0.717) is 16.5 Å². The highest BCUT2D eigenvalue weighted by Crippen LogP contribution is 2.18. The van der Waals surface area contributed by atoms with Gasteiger partial charge in [0.1, 0.15) is 12.2 Å². The van der Waals surface area contributed by atoms with Gasteiger partial charge in [-0.1, -0.05) is 30.0 Å². The summed E-state index contributed by atoms with van der Waals surface area (Å²) >= 11 is 1.12. The van der Waals surface area contributed by atoms with Crippen LogP contribution in [0.4, 0.5) is 11.6 Å². The Hall–Kier alpha value is -3.52. The Kier molecular flexibility index (Phi) is 5.51. The third-order valence-corrected chi connectivity index (χ3v) is 4.97. The van der Waals surface area contributed by atoms with Gasteiger partial charge in [-0.25, -0.2) is 4.68 Å². The molecule has 0 aliphatic carbocycles. The summed E-state index contributed by atoms with van der Waals surface area (Å²) in [5.74, 6) is -0.238. The number of para-hydroxylation sites is 1. The fraction of sp³-hybridized carbons (Fsp3) is 0.235. The number of aromatic nitrogens is 5. The highest BCUT2D eigenvalue weighted by Gasteiger charge is 2.20. The number of thioether (sulfide) groups is 1. The molecule has 0 aliphatic heterocycles. The van der Waals surface area contributed by atoms with Gasteiger partial charge >= 0.3 is 0 Å². The van der Waals surface area contributed by atoms with Gasteiger partial charge in [0.15, 0.2) is 5.16 Å². The van der Waals surface area contributed by atoms with Crippen molar-refractivity contribution in [3.63, 3.8) is 0 Å². The molecule has 0 saturated heterocycles. The summed E-state index contributed by atoms with van der Waals surface area (Å²) in [6.45, 7) is 1.57. The normalized spacial score (nSPS) is 10.6. The third kappa shape index (κ3) is 3.63. The largest absolute Gasteiger partial charge is 0.368 e. The van der Waals surface area contributed by atoms with E-state index >= 15 is 0 Å². The van der Waals surface area contributed by atoms with E-state index in [1.165, 1.54) is 9.25 Å². The van der Waals surface area contributed by atoms with Gasteiger partial charge in [0.2, 0.25) is 11.9 Å². The van der Waals surface area contributed by atoms with Crippen LogP contribution in [0.5, 0.6) is 0 Å². The Bertz CT molecular complexity index is 1110. The van der Waals surface area contributed by atoms with Crippen LogP contribution in [-0.2, 0) is 18.4 Å². The molecule has 0 spiro atoms. The maximum Gasteiger partial charge on any atom is 0.295 e. The molecule has 28 heavy (non-hydrogen) atoms. The molecular formula is C17H18N8O2S. The summed E-state index contributed by atoms with van der Waals surface area (Å²) in [7, 11) is 1.74. The molecule has 2 aromatic heterocycles. The second-order valence-electron chi connectivity index (χ2n) is 5.86. The number of anilines is 2. The van der Waals surface area contributed by atoms with E-state index in [9.17, 15) is 9.59 Å². The summed E-state index contributed by atoms with van der Waals surface area (Å²) in [5, 5.41) is 19.3. The number of carbonyl (C=O) groups excluding carboxylic acids is 1. The lowest BCUT2D eigenvalue weighted by molar-refractivity contribution is -0.116. The molecule has 11 heteroatoms. The molecule has 0 saturated carbocycles. The number of nitrogens with zero attached hydrogens (tertiary/aromatic N) is 6. The predicted molar refractivity (Wildman–Crippen MR) is 105 cm³/mol. The molecule has 1 amide bonds. The van der Waals surface area contributed by atoms with Crippen molar-refractivity contribution >= 4 is 29.3 Å². The summed E-state index contributed by atoms with van der Waals surface area (Å²) in [4.78, 5) is 25.4. The number of nitrogens with two attached hydrogens (primary N) is 1. The number of rotatable bonds is 6. The van der Waals surface area contributed by atoms with Crippen LogP contribution >= 0.6 is 11.8 Å². The number of nitrogen functional groups attached to an aromatic ring is 1. The Morgan fingerprint density at radius 2 is 2.04 bits per heavy atom. The lowest BCUT2D eigenvalue weighted by atomic mass is 10.3. The fourth-order valence-electron chi connectivity index (χ4n) is 2.69. The van der Waals surface area contributed by atoms with E-state index in [0.717, 1.165) is 11.8 Å². The van der Waals surface area contributed by atoms with E-state index in [2.05, 4.69) is 15.5 Å². The molecule has 0 unspecified atom stereocenters. The molecule has 144 valence electrons. The van der Waals surface area contributed by atoms with Crippen molar-refractivity contribution in [3.05, 3.63) is 46.4 Å². The zero-order valence-corrected chi connectivity index (χ0v) is 16.1. The molecule has 3 N–H and O–H groups in total. The van der Waals surface area contributed by atoms with Crippen molar-refractivity contribution < 1.29 is 4.79 Å². The van der Waals surface area contributed by atoms with Crippen molar-refractivity contribution in [3.8, 4) is 11.8 Å². The smallest absolute Gasteiger partial charge is 0.295 e. The van der Waals surface area contributed by atoms with Crippen molar-refractivity contribution in [1.82, 2.24) is 24.1 Å². The molecule has 2 heterocycles. The molecule has 0 bridgehead atoms.